The Morgan fingerprint density at radius 2 is 1.72 bits per heavy atom. The Hall–Kier alpha value is -0.925. The van der Waals surface area contributed by atoms with Crippen molar-refractivity contribution in [1.82, 2.24) is 4.72 Å². The first-order valence-corrected chi connectivity index (χ1v) is 10.0. The second kappa shape index (κ2) is 5.79. The Bertz CT molecular complexity index is 770. The van der Waals surface area contributed by atoms with E-state index in [2.05, 4.69) is 4.72 Å². The van der Waals surface area contributed by atoms with Gasteiger partial charge in [-0.25, -0.2) is 13.1 Å². The van der Waals surface area contributed by atoms with Crippen molar-refractivity contribution in [2.24, 2.45) is 0 Å². The van der Waals surface area contributed by atoms with E-state index in [0.717, 1.165) is 5.56 Å². The van der Waals surface area contributed by atoms with Crippen LogP contribution < -0.4 is 10.2 Å². The maximum atomic E-state index is 12.7. The van der Waals surface area contributed by atoms with Crippen LogP contribution in [0.4, 0.5) is 0 Å². The Morgan fingerprint density at radius 3 is 2.20 bits per heavy atom. The summed E-state index contributed by atoms with van der Waals surface area (Å²) in [5.41, 5.74) is -0.0804. The molecule has 1 aliphatic heterocycles. The monoisotopic (exact) mass is 367 g/mol. The predicted molar refractivity (Wildman–Crippen MR) is 96.3 cm³/mol. The molecule has 1 heterocycles. The van der Waals surface area contributed by atoms with Crippen LogP contribution in [0.2, 0.25) is 0 Å². The molecule has 2 aliphatic rings. The van der Waals surface area contributed by atoms with E-state index in [1.807, 2.05) is 34.6 Å². The summed E-state index contributed by atoms with van der Waals surface area (Å²) in [5, 5.41) is 9.39. The molecular weight excluding hydrogens is 341 g/mol. The molecule has 25 heavy (non-hydrogen) atoms. The molecule has 6 nitrogen and oxygen atoms in total. The number of hydrogen-bond donors (Lipinski definition) is 2. The fourth-order valence-corrected chi connectivity index (χ4v) is 4.28. The molecule has 0 radical (unpaired) electrons. The summed E-state index contributed by atoms with van der Waals surface area (Å²) >= 11 is 0. The Balaban J connectivity index is 1.92. The average Bonchev–Trinajstić information content (AvgIpc) is 3.20. The molecule has 0 amide bonds. The Kier molecular flexibility index (Phi) is 4.37. The number of rotatable bonds is 5. The first-order chi connectivity index (χ1) is 11.4. The number of aryl methyl sites for hydroxylation is 1. The Labute approximate surface area is 150 Å². The van der Waals surface area contributed by atoms with E-state index in [4.69, 9.17) is 9.31 Å². The zero-order valence-corrected chi connectivity index (χ0v) is 16.2. The number of hydrogen-bond acceptors (Lipinski definition) is 5. The van der Waals surface area contributed by atoms with E-state index in [-0.39, 0.29) is 11.5 Å². The first-order valence-electron chi connectivity index (χ1n) is 8.52. The van der Waals surface area contributed by atoms with E-state index in [1.165, 1.54) is 0 Å². The highest BCUT2D eigenvalue weighted by molar-refractivity contribution is 7.89. The number of aliphatic hydroxyl groups is 1. The molecule has 2 N–H and O–H groups in total. The molecule has 0 atom stereocenters. The summed E-state index contributed by atoms with van der Waals surface area (Å²) in [5.74, 6) is 0. The highest BCUT2D eigenvalue weighted by Crippen LogP contribution is 2.38. The van der Waals surface area contributed by atoms with Crippen LogP contribution in [-0.2, 0) is 19.3 Å². The molecule has 1 saturated heterocycles. The first kappa shape index (κ1) is 18.9. The molecule has 138 valence electrons. The van der Waals surface area contributed by atoms with Gasteiger partial charge in [0.2, 0.25) is 10.0 Å². The number of benzene rings is 1. The predicted octanol–water partition coefficient (Wildman–Crippen LogP) is 1.10. The van der Waals surface area contributed by atoms with Gasteiger partial charge >= 0.3 is 7.12 Å². The molecular formula is C17H26BNO5S. The van der Waals surface area contributed by atoms with Crippen LogP contribution in [0.25, 0.3) is 0 Å². The summed E-state index contributed by atoms with van der Waals surface area (Å²) in [7, 11) is -4.33. The summed E-state index contributed by atoms with van der Waals surface area (Å²) < 4.78 is 40.1. The smallest absolute Gasteiger partial charge is 0.399 e. The molecule has 0 unspecified atom stereocenters. The lowest BCUT2D eigenvalue weighted by atomic mass is 9.76. The third kappa shape index (κ3) is 3.38. The van der Waals surface area contributed by atoms with Crippen molar-refractivity contribution in [3.8, 4) is 0 Å². The lowest BCUT2D eigenvalue weighted by molar-refractivity contribution is 0.00578. The highest BCUT2D eigenvalue weighted by Gasteiger charge is 2.52. The molecule has 0 aromatic heterocycles. The van der Waals surface area contributed by atoms with Crippen molar-refractivity contribution in [2.75, 3.05) is 6.61 Å². The van der Waals surface area contributed by atoms with Gasteiger partial charge in [0.15, 0.2) is 0 Å². The maximum absolute atomic E-state index is 12.7. The van der Waals surface area contributed by atoms with E-state index in [9.17, 15) is 13.5 Å². The molecule has 3 rings (SSSR count). The van der Waals surface area contributed by atoms with Crippen molar-refractivity contribution >= 4 is 22.6 Å². The van der Waals surface area contributed by atoms with Gasteiger partial charge in [0.05, 0.1) is 28.2 Å². The summed E-state index contributed by atoms with van der Waals surface area (Å²) in [4.78, 5) is 0.155. The maximum Gasteiger partial charge on any atom is 0.495 e. The molecule has 8 heteroatoms. The molecule has 1 aromatic carbocycles. The molecule has 1 saturated carbocycles. The molecule has 1 aromatic rings. The second-order valence-corrected chi connectivity index (χ2v) is 9.83. The van der Waals surface area contributed by atoms with Crippen LogP contribution in [0, 0.1) is 6.92 Å². The van der Waals surface area contributed by atoms with Gasteiger partial charge in [0.1, 0.15) is 0 Å². The van der Waals surface area contributed by atoms with Crippen LogP contribution in [0.1, 0.15) is 46.1 Å². The van der Waals surface area contributed by atoms with E-state index < -0.39 is 33.9 Å². The van der Waals surface area contributed by atoms with E-state index in [0.29, 0.717) is 18.3 Å². The van der Waals surface area contributed by atoms with Gasteiger partial charge in [0, 0.05) is 0 Å². The minimum absolute atomic E-state index is 0.155. The van der Waals surface area contributed by atoms with E-state index >= 15 is 0 Å². The van der Waals surface area contributed by atoms with Gasteiger partial charge in [-0.2, -0.15) is 0 Å². The number of sulfonamides is 1. The summed E-state index contributed by atoms with van der Waals surface area (Å²) in [6.45, 7) is 9.55. The minimum atomic E-state index is -3.71. The van der Waals surface area contributed by atoms with Crippen LogP contribution in [-0.4, -0.2) is 44.0 Å². The largest absolute Gasteiger partial charge is 0.495 e. The standard InChI is InChI=1S/C17H26BNO5S/c1-12-6-7-13(25(21,22)19-17(11-20)8-9-17)10-14(12)18-23-15(2,3)16(4,5)24-18/h6-7,10,19-20H,8-9,11H2,1-5H3. The zero-order chi connectivity index (χ0) is 18.7. The van der Waals surface area contributed by atoms with Crippen molar-refractivity contribution in [1.29, 1.82) is 0 Å². The SMILES string of the molecule is Cc1ccc(S(=O)(=O)NC2(CO)CC2)cc1B1OC(C)(C)C(C)(C)O1. The molecule has 0 bridgehead atoms. The van der Waals surface area contributed by atoms with Crippen LogP contribution >= 0.6 is 0 Å². The normalized spacial score (nSPS) is 23.7. The zero-order valence-electron chi connectivity index (χ0n) is 15.4. The topological polar surface area (TPSA) is 84.9 Å². The van der Waals surface area contributed by atoms with Gasteiger partial charge < -0.3 is 14.4 Å². The third-order valence-electron chi connectivity index (χ3n) is 5.58. The quantitative estimate of drug-likeness (QED) is 0.762. The average molecular weight is 367 g/mol. The Morgan fingerprint density at radius 1 is 1.16 bits per heavy atom. The van der Waals surface area contributed by atoms with Gasteiger partial charge in [-0.3, -0.25) is 0 Å². The van der Waals surface area contributed by atoms with Gasteiger partial charge in [0.25, 0.3) is 0 Å². The summed E-state index contributed by atoms with van der Waals surface area (Å²) in [6.07, 6.45) is 1.30. The van der Waals surface area contributed by atoms with Crippen molar-refractivity contribution in [2.45, 2.75) is 69.1 Å². The molecule has 0 spiro atoms. The minimum Gasteiger partial charge on any atom is -0.399 e. The van der Waals surface area contributed by atoms with Gasteiger partial charge in [-0.05, 0) is 65.1 Å². The van der Waals surface area contributed by atoms with Crippen LogP contribution in [0.3, 0.4) is 0 Å². The molecule has 2 fully saturated rings. The summed E-state index contributed by atoms with van der Waals surface area (Å²) in [6, 6.07) is 4.93. The molecule has 1 aliphatic carbocycles. The van der Waals surface area contributed by atoms with Crippen LogP contribution in [0.15, 0.2) is 23.1 Å². The lowest BCUT2D eigenvalue weighted by Gasteiger charge is -2.32. The third-order valence-corrected chi connectivity index (χ3v) is 7.15. The second-order valence-electron chi connectivity index (χ2n) is 8.15. The fourth-order valence-electron chi connectivity index (χ4n) is 2.80. The van der Waals surface area contributed by atoms with Crippen molar-refractivity contribution < 1.29 is 22.8 Å². The van der Waals surface area contributed by atoms with Crippen LogP contribution in [0.5, 0.6) is 0 Å². The number of nitrogens with one attached hydrogen (secondary N) is 1. The van der Waals surface area contributed by atoms with Gasteiger partial charge in [-0.15, -0.1) is 0 Å². The van der Waals surface area contributed by atoms with E-state index in [1.54, 1.807) is 18.2 Å². The fraction of sp³-hybridized carbons (Fsp3) is 0.647. The van der Waals surface area contributed by atoms with Gasteiger partial charge in [-0.1, -0.05) is 11.6 Å². The highest BCUT2D eigenvalue weighted by atomic mass is 32.2. The van der Waals surface area contributed by atoms with Crippen molar-refractivity contribution in [3.63, 3.8) is 0 Å². The lowest BCUT2D eigenvalue weighted by Crippen LogP contribution is -2.41. The number of aliphatic hydroxyl groups excluding tert-OH is 1. The van der Waals surface area contributed by atoms with Crippen molar-refractivity contribution in [3.05, 3.63) is 23.8 Å².